The highest BCUT2D eigenvalue weighted by Crippen LogP contribution is 1.97. The maximum atomic E-state index is 8.45. The minimum Gasteiger partial charge on any atom is -0.409 e. The molecule has 0 spiro atoms. The number of aryl methyl sites for hydroxylation is 1. The van der Waals surface area contributed by atoms with Crippen molar-refractivity contribution in [3.05, 3.63) is 18.0 Å². The molecule has 0 aliphatic carbocycles. The highest BCUT2D eigenvalue weighted by molar-refractivity contribution is 5.82. The summed E-state index contributed by atoms with van der Waals surface area (Å²) in [5, 5.41) is 18.7. The lowest BCUT2D eigenvalue weighted by atomic mass is 10.1. The molecule has 15 heavy (non-hydrogen) atoms. The van der Waals surface area contributed by atoms with Crippen molar-refractivity contribution in [2.24, 2.45) is 23.9 Å². The summed E-state index contributed by atoms with van der Waals surface area (Å²) in [5.74, 6) is 0.260. The summed E-state index contributed by atoms with van der Waals surface area (Å²) >= 11 is 0. The molecule has 1 aromatic rings. The van der Waals surface area contributed by atoms with Gasteiger partial charge in [0.1, 0.15) is 5.84 Å². The molecule has 0 fully saturated rings. The number of hydrogen-bond donors (Lipinski definition) is 3. The molecule has 1 atom stereocenters. The molecular weight excluding hydrogens is 194 g/mol. The van der Waals surface area contributed by atoms with Crippen LogP contribution in [0.25, 0.3) is 0 Å². The van der Waals surface area contributed by atoms with Gasteiger partial charge in [0.25, 0.3) is 0 Å². The van der Waals surface area contributed by atoms with E-state index >= 15 is 0 Å². The molecule has 0 radical (unpaired) electrons. The second-order valence-corrected chi connectivity index (χ2v) is 3.50. The average Bonchev–Trinajstić information content (AvgIpc) is 2.63. The molecule has 1 rings (SSSR count). The van der Waals surface area contributed by atoms with Crippen LogP contribution >= 0.6 is 0 Å². The number of nitrogens with one attached hydrogen (secondary N) is 1. The fraction of sp³-hybridized carbons (Fsp3) is 0.556. The Morgan fingerprint density at radius 3 is 3.07 bits per heavy atom. The molecule has 1 heterocycles. The van der Waals surface area contributed by atoms with E-state index in [2.05, 4.69) is 15.6 Å². The predicted molar refractivity (Wildman–Crippen MR) is 57.5 cm³/mol. The molecule has 1 aromatic heterocycles. The van der Waals surface area contributed by atoms with Crippen molar-refractivity contribution < 1.29 is 5.21 Å². The number of oxime groups is 1. The van der Waals surface area contributed by atoms with Crippen LogP contribution in [-0.4, -0.2) is 27.4 Å². The minimum absolute atomic E-state index is 0.0169. The Morgan fingerprint density at radius 1 is 1.80 bits per heavy atom. The number of aromatic nitrogens is 2. The lowest BCUT2D eigenvalue weighted by Crippen LogP contribution is -2.31. The fourth-order valence-corrected chi connectivity index (χ4v) is 1.19. The van der Waals surface area contributed by atoms with Crippen LogP contribution in [0.1, 0.15) is 12.6 Å². The van der Waals surface area contributed by atoms with Gasteiger partial charge < -0.3 is 16.3 Å². The maximum Gasteiger partial charge on any atom is 0.143 e. The van der Waals surface area contributed by atoms with Gasteiger partial charge in [0, 0.05) is 32.3 Å². The zero-order valence-electron chi connectivity index (χ0n) is 9.01. The van der Waals surface area contributed by atoms with E-state index in [0.717, 1.165) is 12.2 Å². The quantitative estimate of drug-likeness (QED) is 0.274. The zero-order chi connectivity index (χ0) is 11.3. The molecule has 4 N–H and O–H groups in total. The Bertz CT molecular complexity index is 333. The number of hydrogen-bond acceptors (Lipinski definition) is 4. The maximum absolute atomic E-state index is 8.45. The van der Waals surface area contributed by atoms with Gasteiger partial charge in [-0.05, 0) is 6.07 Å². The van der Waals surface area contributed by atoms with E-state index < -0.39 is 0 Å². The van der Waals surface area contributed by atoms with E-state index in [1.165, 1.54) is 0 Å². The topological polar surface area (TPSA) is 88.5 Å². The van der Waals surface area contributed by atoms with E-state index in [0.29, 0.717) is 6.54 Å². The van der Waals surface area contributed by atoms with Gasteiger partial charge in [0.15, 0.2) is 0 Å². The third kappa shape index (κ3) is 3.25. The van der Waals surface area contributed by atoms with Crippen molar-refractivity contribution in [1.29, 1.82) is 0 Å². The molecule has 1 unspecified atom stereocenters. The van der Waals surface area contributed by atoms with Gasteiger partial charge >= 0.3 is 0 Å². The summed E-state index contributed by atoms with van der Waals surface area (Å²) in [6, 6.07) is 1.95. The van der Waals surface area contributed by atoms with E-state index in [4.69, 9.17) is 10.9 Å². The Kier molecular flexibility index (Phi) is 4.11. The van der Waals surface area contributed by atoms with E-state index in [9.17, 15) is 0 Å². The van der Waals surface area contributed by atoms with Gasteiger partial charge in [-0.25, -0.2) is 0 Å². The summed E-state index contributed by atoms with van der Waals surface area (Å²) in [6.45, 7) is 3.28. The van der Waals surface area contributed by atoms with E-state index in [1.54, 1.807) is 10.9 Å². The third-order valence-corrected chi connectivity index (χ3v) is 2.30. The van der Waals surface area contributed by atoms with E-state index in [-0.39, 0.29) is 11.8 Å². The first-order valence-electron chi connectivity index (χ1n) is 4.80. The van der Waals surface area contributed by atoms with Gasteiger partial charge in [-0.2, -0.15) is 5.10 Å². The SMILES string of the molecule is CC(CNCc1ccnn1C)C(N)=NO. The van der Waals surface area contributed by atoms with Gasteiger partial charge in [-0.15, -0.1) is 0 Å². The lowest BCUT2D eigenvalue weighted by Gasteiger charge is -2.10. The number of amidine groups is 1. The molecule has 0 aliphatic heterocycles. The molecule has 84 valence electrons. The molecule has 0 aliphatic rings. The summed E-state index contributed by atoms with van der Waals surface area (Å²) in [7, 11) is 1.89. The lowest BCUT2D eigenvalue weighted by molar-refractivity contribution is 0.314. The fourth-order valence-electron chi connectivity index (χ4n) is 1.19. The van der Waals surface area contributed by atoms with Gasteiger partial charge in [0.2, 0.25) is 0 Å². The number of rotatable bonds is 5. The Hall–Kier alpha value is -1.56. The van der Waals surface area contributed by atoms with Crippen molar-refractivity contribution in [2.45, 2.75) is 13.5 Å². The summed E-state index contributed by atoms with van der Waals surface area (Å²) in [4.78, 5) is 0. The van der Waals surface area contributed by atoms with Crippen molar-refractivity contribution in [3.8, 4) is 0 Å². The Balaban J connectivity index is 2.31. The summed E-state index contributed by atoms with van der Waals surface area (Å²) < 4.78 is 1.81. The minimum atomic E-state index is 0.0169. The molecule has 0 saturated carbocycles. The van der Waals surface area contributed by atoms with Crippen LogP contribution in [0.5, 0.6) is 0 Å². The second-order valence-electron chi connectivity index (χ2n) is 3.50. The molecular formula is C9H17N5O. The number of nitrogens with zero attached hydrogens (tertiary/aromatic N) is 3. The normalized spacial score (nSPS) is 14.1. The molecule has 0 amide bonds. The molecule has 0 aromatic carbocycles. The predicted octanol–water partition coefficient (Wildman–Crippen LogP) is -0.108. The van der Waals surface area contributed by atoms with Crippen LogP contribution in [0.15, 0.2) is 17.4 Å². The van der Waals surface area contributed by atoms with Crippen LogP contribution in [0.3, 0.4) is 0 Å². The van der Waals surface area contributed by atoms with Crippen molar-refractivity contribution in [3.63, 3.8) is 0 Å². The van der Waals surface area contributed by atoms with Crippen LogP contribution < -0.4 is 11.1 Å². The molecule has 0 bridgehead atoms. The average molecular weight is 211 g/mol. The Labute approximate surface area is 88.8 Å². The van der Waals surface area contributed by atoms with Gasteiger partial charge in [-0.1, -0.05) is 12.1 Å². The van der Waals surface area contributed by atoms with Crippen molar-refractivity contribution >= 4 is 5.84 Å². The first-order valence-corrected chi connectivity index (χ1v) is 4.80. The largest absolute Gasteiger partial charge is 0.409 e. The monoisotopic (exact) mass is 211 g/mol. The Morgan fingerprint density at radius 2 is 2.53 bits per heavy atom. The molecule has 6 nitrogen and oxygen atoms in total. The van der Waals surface area contributed by atoms with Gasteiger partial charge in [-0.3, -0.25) is 4.68 Å². The molecule has 0 saturated heterocycles. The van der Waals surface area contributed by atoms with Crippen LogP contribution in [0.2, 0.25) is 0 Å². The van der Waals surface area contributed by atoms with Crippen LogP contribution in [0, 0.1) is 5.92 Å². The van der Waals surface area contributed by atoms with Crippen LogP contribution in [0.4, 0.5) is 0 Å². The standard InChI is InChI=1S/C9H17N5O/c1-7(9(10)13-15)5-11-6-8-3-4-12-14(8)2/h3-4,7,11,15H,5-6H2,1-2H3,(H2,10,13). The summed E-state index contributed by atoms with van der Waals surface area (Å²) in [5.41, 5.74) is 6.55. The molecule has 6 heteroatoms. The summed E-state index contributed by atoms with van der Waals surface area (Å²) in [6.07, 6.45) is 1.75. The second kappa shape index (κ2) is 5.35. The highest BCUT2D eigenvalue weighted by atomic mass is 16.4. The zero-order valence-corrected chi connectivity index (χ0v) is 9.01. The first kappa shape index (κ1) is 11.5. The van der Waals surface area contributed by atoms with E-state index in [1.807, 2.05) is 20.0 Å². The van der Waals surface area contributed by atoms with Gasteiger partial charge in [0.05, 0.1) is 5.69 Å². The van der Waals surface area contributed by atoms with Crippen molar-refractivity contribution in [1.82, 2.24) is 15.1 Å². The smallest absolute Gasteiger partial charge is 0.143 e. The van der Waals surface area contributed by atoms with Crippen molar-refractivity contribution in [2.75, 3.05) is 6.54 Å². The van der Waals surface area contributed by atoms with Crippen LogP contribution in [-0.2, 0) is 13.6 Å². The first-order chi connectivity index (χ1) is 7.15. The number of nitrogens with two attached hydrogens (primary N) is 1. The highest BCUT2D eigenvalue weighted by Gasteiger charge is 2.07. The third-order valence-electron chi connectivity index (χ3n) is 2.30.